The Hall–Kier alpha value is -1.19. The van der Waals surface area contributed by atoms with Gasteiger partial charge in [0, 0.05) is 11.6 Å². The van der Waals surface area contributed by atoms with Crippen molar-refractivity contribution in [1.82, 2.24) is 10.4 Å². The molecule has 0 saturated heterocycles. The highest BCUT2D eigenvalue weighted by atomic mass is 16.6. The SMILES string of the molecule is CC(C)(C)OC(=O)N1CC=C(C2CC2)N1. The summed E-state index contributed by atoms with van der Waals surface area (Å²) in [5.41, 5.74) is 3.85. The summed E-state index contributed by atoms with van der Waals surface area (Å²) in [7, 11) is 0. The number of hydrogen-bond donors (Lipinski definition) is 1. The van der Waals surface area contributed by atoms with Gasteiger partial charge < -0.3 is 4.74 Å². The standard InChI is InChI=1S/C11H18N2O2/c1-11(2,3)15-10(14)13-7-6-9(12-13)8-4-5-8/h6,8,12H,4-5,7H2,1-3H3. The maximum absolute atomic E-state index is 11.7. The molecule has 0 aromatic rings. The van der Waals surface area contributed by atoms with Crippen molar-refractivity contribution in [3.63, 3.8) is 0 Å². The lowest BCUT2D eigenvalue weighted by Gasteiger charge is -2.24. The van der Waals surface area contributed by atoms with E-state index in [4.69, 9.17) is 4.74 Å². The average molecular weight is 210 g/mol. The quantitative estimate of drug-likeness (QED) is 0.720. The van der Waals surface area contributed by atoms with Gasteiger partial charge >= 0.3 is 6.09 Å². The van der Waals surface area contributed by atoms with Gasteiger partial charge in [-0.15, -0.1) is 0 Å². The number of carbonyl (C=O) groups excluding carboxylic acids is 1. The van der Waals surface area contributed by atoms with Crippen LogP contribution >= 0.6 is 0 Å². The van der Waals surface area contributed by atoms with E-state index in [-0.39, 0.29) is 6.09 Å². The van der Waals surface area contributed by atoms with Crippen LogP contribution in [0.2, 0.25) is 0 Å². The summed E-state index contributed by atoms with van der Waals surface area (Å²) in [5, 5.41) is 1.53. The molecule has 0 aromatic heterocycles. The Morgan fingerprint density at radius 2 is 2.20 bits per heavy atom. The van der Waals surface area contributed by atoms with Crippen molar-refractivity contribution in [2.45, 2.75) is 39.2 Å². The summed E-state index contributed by atoms with van der Waals surface area (Å²) < 4.78 is 5.26. The van der Waals surface area contributed by atoms with Crippen LogP contribution in [0.4, 0.5) is 4.79 Å². The monoisotopic (exact) mass is 210 g/mol. The van der Waals surface area contributed by atoms with Crippen molar-refractivity contribution < 1.29 is 9.53 Å². The summed E-state index contributed by atoms with van der Waals surface area (Å²) in [6, 6.07) is 0. The molecule has 15 heavy (non-hydrogen) atoms. The third-order valence-corrected chi connectivity index (χ3v) is 2.39. The van der Waals surface area contributed by atoms with Gasteiger partial charge in [-0.1, -0.05) is 0 Å². The summed E-state index contributed by atoms with van der Waals surface area (Å²) in [6.45, 7) is 6.23. The molecule has 84 valence electrons. The van der Waals surface area contributed by atoms with Crippen LogP contribution in [0.15, 0.2) is 11.8 Å². The van der Waals surface area contributed by atoms with Crippen LogP contribution in [-0.2, 0) is 4.74 Å². The number of hydrogen-bond acceptors (Lipinski definition) is 3. The highest BCUT2D eigenvalue weighted by Gasteiger charge is 2.32. The minimum Gasteiger partial charge on any atom is -0.442 e. The first-order valence-electron chi connectivity index (χ1n) is 5.43. The Morgan fingerprint density at radius 1 is 1.53 bits per heavy atom. The average Bonchev–Trinajstić information content (AvgIpc) is 2.81. The molecule has 1 aliphatic heterocycles. The molecule has 1 N–H and O–H groups in total. The van der Waals surface area contributed by atoms with Gasteiger partial charge in [-0.25, -0.2) is 9.80 Å². The summed E-state index contributed by atoms with van der Waals surface area (Å²) in [4.78, 5) is 11.7. The molecule has 2 rings (SSSR count). The predicted molar refractivity (Wildman–Crippen MR) is 56.9 cm³/mol. The van der Waals surface area contributed by atoms with E-state index >= 15 is 0 Å². The molecule has 0 bridgehead atoms. The topological polar surface area (TPSA) is 41.6 Å². The molecule has 1 aliphatic carbocycles. The number of carbonyl (C=O) groups is 1. The minimum atomic E-state index is -0.429. The molecule has 1 saturated carbocycles. The third-order valence-electron chi connectivity index (χ3n) is 2.39. The second-order valence-corrected chi connectivity index (χ2v) is 5.14. The molecule has 2 aliphatic rings. The number of rotatable bonds is 1. The predicted octanol–water partition coefficient (Wildman–Crippen LogP) is 2.04. The van der Waals surface area contributed by atoms with Crippen LogP contribution in [-0.4, -0.2) is 23.2 Å². The smallest absolute Gasteiger partial charge is 0.429 e. The first-order valence-corrected chi connectivity index (χ1v) is 5.43. The summed E-state index contributed by atoms with van der Waals surface area (Å²) in [5.74, 6) is 0.650. The maximum atomic E-state index is 11.7. The number of amides is 1. The van der Waals surface area contributed by atoms with Gasteiger partial charge in [-0.3, -0.25) is 5.43 Å². The van der Waals surface area contributed by atoms with Crippen LogP contribution in [0, 0.1) is 5.92 Å². The second kappa shape index (κ2) is 3.43. The molecular weight excluding hydrogens is 192 g/mol. The largest absolute Gasteiger partial charge is 0.442 e. The number of nitrogens with zero attached hydrogens (tertiary/aromatic N) is 1. The normalized spacial score (nSPS) is 21.0. The fraction of sp³-hybridized carbons (Fsp3) is 0.727. The van der Waals surface area contributed by atoms with E-state index < -0.39 is 5.60 Å². The van der Waals surface area contributed by atoms with Gasteiger partial charge in [0.2, 0.25) is 0 Å². The molecule has 0 atom stereocenters. The lowest BCUT2D eigenvalue weighted by Crippen LogP contribution is -2.41. The highest BCUT2D eigenvalue weighted by Crippen LogP contribution is 2.36. The van der Waals surface area contributed by atoms with Crippen molar-refractivity contribution in [3.8, 4) is 0 Å². The lowest BCUT2D eigenvalue weighted by atomic mass is 10.2. The van der Waals surface area contributed by atoms with Gasteiger partial charge in [0.15, 0.2) is 0 Å². The van der Waals surface area contributed by atoms with Crippen LogP contribution in [0.5, 0.6) is 0 Å². The number of allylic oxidation sites excluding steroid dienone is 1. The number of ether oxygens (including phenoxy) is 1. The lowest BCUT2D eigenvalue weighted by molar-refractivity contribution is 0.0215. The van der Waals surface area contributed by atoms with Crippen LogP contribution in [0.1, 0.15) is 33.6 Å². The molecule has 1 fully saturated rings. The summed E-state index contributed by atoms with van der Waals surface area (Å²) in [6.07, 6.45) is 4.25. The molecule has 0 aromatic carbocycles. The van der Waals surface area contributed by atoms with Gasteiger partial charge in [-0.05, 0) is 39.7 Å². The fourth-order valence-electron chi connectivity index (χ4n) is 1.53. The second-order valence-electron chi connectivity index (χ2n) is 5.14. The van der Waals surface area contributed by atoms with E-state index in [9.17, 15) is 4.79 Å². The van der Waals surface area contributed by atoms with Crippen LogP contribution in [0.3, 0.4) is 0 Å². The Bertz CT molecular complexity index is 300. The first-order chi connectivity index (χ1) is 6.96. The van der Waals surface area contributed by atoms with Gasteiger partial charge in [0.25, 0.3) is 0 Å². The maximum Gasteiger partial charge on any atom is 0.429 e. The van der Waals surface area contributed by atoms with Crippen molar-refractivity contribution in [3.05, 3.63) is 11.8 Å². The number of nitrogens with one attached hydrogen (secondary N) is 1. The van der Waals surface area contributed by atoms with Gasteiger partial charge in [0.1, 0.15) is 5.60 Å². The first kappa shape index (κ1) is 10.3. The van der Waals surface area contributed by atoms with E-state index in [1.54, 1.807) is 0 Å². The van der Waals surface area contributed by atoms with Crippen LogP contribution < -0.4 is 5.43 Å². The van der Waals surface area contributed by atoms with Gasteiger partial charge in [0.05, 0.1) is 6.54 Å². The zero-order chi connectivity index (χ0) is 11.1. The Morgan fingerprint density at radius 3 is 2.73 bits per heavy atom. The molecule has 4 heteroatoms. The molecule has 0 unspecified atom stereocenters. The van der Waals surface area contributed by atoms with E-state index in [0.29, 0.717) is 12.5 Å². The van der Waals surface area contributed by atoms with E-state index in [1.807, 2.05) is 20.8 Å². The van der Waals surface area contributed by atoms with Gasteiger partial charge in [-0.2, -0.15) is 0 Å². The molecule has 1 heterocycles. The highest BCUT2D eigenvalue weighted by molar-refractivity contribution is 5.68. The van der Waals surface area contributed by atoms with E-state index in [2.05, 4.69) is 11.5 Å². The molecule has 1 amide bonds. The van der Waals surface area contributed by atoms with E-state index in [1.165, 1.54) is 23.5 Å². The van der Waals surface area contributed by atoms with Crippen LogP contribution in [0.25, 0.3) is 0 Å². The van der Waals surface area contributed by atoms with Crippen molar-refractivity contribution >= 4 is 6.09 Å². The van der Waals surface area contributed by atoms with Crippen molar-refractivity contribution in [2.75, 3.05) is 6.54 Å². The van der Waals surface area contributed by atoms with E-state index in [0.717, 1.165) is 0 Å². The Balaban J connectivity index is 1.84. The fourth-order valence-corrected chi connectivity index (χ4v) is 1.53. The molecular formula is C11H18N2O2. The summed E-state index contributed by atoms with van der Waals surface area (Å²) >= 11 is 0. The minimum absolute atomic E-state index is 0.297. The molecule has 0 radical (unpaired) electrons. The Labute approximate surface area is 90.2 Å². The molecule has 4 nitrogen and oxygen atoms in total. The van der Waals surface area contributed by atoms with Crippen molar-refractivity contribution in [2.24, 2.45) is 5.92 Å². The van der Waals surface area contributed by atoms with Crippen molar-refractivity contribution in [1.29, 1.82) is 0 Å². The number of hydrazine groups is 1. The molecule has 0 spiro atoms. The Kier molecular flexibility index (Phi) is 2.37. The zero-order valence-corrected chi connectivity index (χ0v) is 9.54. The zero-order valence-electron chi connectivity index (χ0n) is 9.54. The third kappa shape index (κ3) is 2.64.